The van der Waals surface area contributed by atoms with E-state index in [0.717, 1.165) is 32.5 Å². The quantitative estimate of drug-likeness (QED) is 0.729. The van der Waals surface area contributed by atoms with E-state index in [1.54, 1.807) is 7.05 Å². The first-order valence-electron chi connectivity index (χ1n) is 7.29. The van der Waals surface area contributed by atoms with Gasteiger partial charge in [-0.15, -0.1) is 0 Å². The van der Waals surface area contributed by atoms with E-state index in [-0.39, 0.29) is 11.9 Å². The zero-order chi connectivity index (χ0) is 15.0. The molecule has 1 aromatic rings. The lowest BCUT2D eigenvalue weighted by Crippen LogP contribution is -2.26. The molecule has 0 bridgehead atoms. The summed E-state index contributed by atoms with van der Waals surface area (Å²) in [5, 5.41) is 5.92. The van der Waals surface area contributed by atoms with Crippen molar-refractivity contribution in [2.45, 2.75) is 39.7 Å². The standard InChI is InChI=1S/C14H26FN5/c1-5-20(6-2)9-7-8-11(3)18-13-12(15)10-17-14(16-4)19-13/h10-11H,5-9H2,1-4H3,(H2,16,17,18,19). The molecule has 0 spiro atoms. The first kappa shape index (κ1) is 16.6. The van der Waals surface area contributed by atoms with Crippen molar-refractivity contribution in [1.29, 1.82) is 0 Å². The Balaban J connectivity index is 2.44. The van der Waals surface area contributed by atoms with Crippen LogP contribution in [0.4, 0.5) is 16.2 Å². The van der Waals surface area contributed by atoms with Gasteiger partial charge in [0.1, 0.15) is 0 Å². The van der Waals surface area contributed by atoms with E-state index in [1.165, 1.54) is 6.20 Å². The highest BCUT2D eigenvalue weighted by Crippen LogP contribution is 2.14. The Morgan fingerprint density at radius 3 is 2.65 bits per heavy atom. The Kier molecular flexibility index (Phi) is 7.22. The van der Waals surface area contributed by atoms with Crippen molar-refractivity contribution in [3.8, 4) is 0 Å². The third-order valence-electron chi connectivity index (χ3n) is 3.36. The summed E-state index contributed by atoms with van der Waals surface area (Å²) in [6.45, 7) is 9.60. The second kappa shape index (κ2) is 8.68. The normalized spacial score (nSPS) is 12.5. The number of rotatable bonds is 9. The van der Waals surface area contributed by atoms with E-state index in [4.69, 9.17) is 0 Å². The molecular weight excluding hydrogens is 257 g/mol. The fourth-order valence-corrected chi connectivity index (χ4v) is 2.06. The number of hydrogen-bond donors (Lipinski definition) is 2. The third kappa shape index (κ3) is 5.28. The number of nitrogens with one attached hydrogen (secondary N) is 2. The number of anilines is 2. The van der Waals surface area contributed by atoms with Crippen LogP contribution in [0.2, 0.25) is 0 Å². The van der Waals surface area contributed by atoms with Crippen molar-refractivity contribution in [2.75, 3.05) is 37.3 Å². The monoisotopic (exact) mass is 283 g/mol. The summed E-state index contributed by atoms with van der Waals surface area (Å²) in [5.41, 5.74) is 0. The van der Waals surface area contributed by atoms with E-state index in [2.05, 4.69) is 39.3 Å². The Bertz CT molecular complexity index is 395. The molecule has 2 N–H and O–H groups in total. The largest absolute Gasteiger partial charge is 0.365 e. The van der Waals surface area contributed by atoms with Crippen molar-refractivity contribution >= 4 is 11.8 Å². The van der Waals surface area contributed by atoms with Crippen molar-refractivity contribution in [2.24, 2.45) is 0 Å². The van der Waals surface area contributed by atoms with Gasteiger partial charge in [0.05, 0.1) is 6.20 Å². The minimum atomic E-state index is -0.417. The molecule has 1 aromatic heterocycles. The summed E-state index contributed by atoms with van der Waals surface area (Å²) in [5.74, 6) is 0.267. The van der Waals surface area contributed by atoms with Gasteiger partial charge in [0.2, 0.25) is 5.95 Å². The van der Waals surface area contributed by atoms with Gasteiger partial charge in [-0.1, -0.05) is 13.8 Å². The molecule has 0 aliphatic heterocycles. The van der Waals surface area contributed by atoms with Gasteiger partial charge in [0.15, 0.2) is 11.6 Å². The summed E-state index contributed by atoms with van der Waals surface area (Å²) in [6, 6.07) is 0.180. The highest BCUT2D eigenvalue weighted by atomic mass is 19.1. The molecule has 0 aliphatic carbocycles. The van der Waals surface area contributed by atoms with Gasteiger partial charge >= 0.3 is 0 Å². The van der Waals surface area contributed by atoms with Crippen LogP contribution in [0, 0.1) is 5.82 Å². The molecule has 0 saturated heterocycles. The number of hydrogen-bond acceptors (Lipinski definition) is 5. The van der Waals surface area contributed by atoms with E-state index in [0.29, 0.717) is 5.95 Å². The Morgan fingerprint density at radius 1 is 1.35 bits per heavy atom. The minimum Gasteiger partial charge on any atom is -0.365 e. The van der Waals surface area contributed by atoms with Crippen LogP contribution in [0.15, 0.2) is 6.20 Å². The van der Waals surface area contributed by atoms with Crippen LogP contribution in [0.3, 0.4) is 0 Å². The molecule has 0 aromatic carbocycles. The maximum atomic E-state index is 13.6. The fraction of sp³-hybridized carbons (Fsp3) is 0.714. The van der Waals surface area contributed by atoms with Crippen LogP contribution >= 0.6 is 0 Å². The smallest absolute Gasteiger partial charge is 0.224 e. The molecule has 0 amide bonds. The predicted octanol–water partition coefficient (Wildman–Crippen LogP) is 2.58. The van der Waals surface area contributed by atoms with Crippen LogP contribution in [-0.2, 0) is 0 Å². The van der Waals surface area contributed by atoms with E-state index < -0.39 is 5.82 Å². The van der Waals surface area contributed by atoms with Gasteiger partial charge < -0.3 is 15.5 Å². The number of aromatic nitrogens is 2. The predicted molar refractivity (Wildman–Crippen MR) is 81.6 cm³/mol. The highest BCUT2D eigenvalue weighted by Gasteiger charge is 2.10. The summed E-state index contributed by atoms with van der Waals surface area (Å²) < 4.78 is 13.6. The van der Waals surface area contributed by atoms with E-state index in [1.807, 2.05) is 6.92 Å². The molecule has 1 atom stereocenters. The molecule has 0 aliphatic rings. The summed E-state index contributed by atoms with van der Waals surface area (Å²) in [6.07, 6.45) is 3.25. The van der Waals surface area contributed by atoms with Crippen LogP contribution in [0.1, 0.15) is 33.6 Å². The summed E-state index contributed by atoms with van der Waals surface area (Å²) in [4.78, 5) is 10.3. The topological polar surface area (TPSA) is 53.1 Å². The van der Waals surface area contributed by atoms with Gasteiger partial charge in [-0.25, -0.2) is 9.37 Å². The first-order chi connectivity index (χ1) is 9.60. The molecule has 0 radical (unpaired) electrons. The Morgan fingerprint density at radius 2 is 2.05 bits per heavy atom. The lowest BCUT2D eigenvalue weighted by molar-refractivity contribution is 0.295. The van der Waals surface area contributed by atoms with Gasteiger partial charge in [0.25, 0.3) is 0 Å². The fourth-order valence-electron chi connectivity index (χ4n) is 2.06. The van der Waals surface area contributed by atoms with Crippen molar-refractivity contribution < 1.29 is 4.39 Å². The molecule has 0 saturated carbocycles. The van der Waals surface area contributed by atoms with Gasteiger partial charge in [-0.05, 0) is 39.4 Å². The number of nitrogens with zero attached hydrogens (tertiary/aromatic N) is 3. The van der Waals surface area contributed by atoms with Gasteiger partial charge in [-0.2, -0.15) is 4.98 Å². The molecular formula is C14H26FN5. The summed E-state index contributed by atoms with van der Waals surface area (Å²) in [7, 11) is 1.71. The van der Waals surface area contributed by atoms with Crippen LogP contribution in [-0.4, -0.2) is 47.6 Å². The SMILES string of the molecule is CCN(CC)CCCC(C)Nc1nc(NC)ncc1F. The molecule has 1 rings (SSSR count). The lowest BCUT2D eigenvalue weighted by Gasteiger charge is -2.20. The molecule has 6 heteroatoms. The average molecular weight is 283 g/mol. The third-order valence-corrected chi connectivity index (χ3v) is 3.36. The van der Waals surface area contributed by atoms with Crippen molar-refractivity contribution in [3.05, 3.63) is 12.0 Å². The molecule has 1 unspecified atom stereocenters. The zero-order valence-corrected chi connectivity index (χ0v) is 12.9. The van der Waals surface area contributed by atoms with Crippen LogP contribution < -0.4 is 10.6 Å². The minimum absolute atomic E-state index is 0.180. The Hall–Kier alpha value is -1.43. The molecule has 1 heterocycles. The van der Waals surface area contributed by atoms with Crippen molar-refractivity contribution in [1.82, 2.24) is 14.9 Å². The lowest BCUT2D eigenvalue weighted by atomic mass is 10.1. The second-order valence-electron chi connectivity index (χ2n) is 4.85. The van der Waals surface area contributed by atoms with E-state index >= 15 is 0 Å². The Labute approximate surface area is 121 Å². The molecule has 5 nitrogen and oxygen atoms in total. The maximum Gasteiger partial charge on any atom is 0.224 e. The molecule has 114 valence electrons. The van der Waals surface area contributed by atoms with Crippen molar-refractivity contribution in [3.63, 3.8) is 0 Å². The average Bonchev–Trinajstić information content (AvgIpc) is 2.46. The van der Waals surface area contributed by atoms with Gasteiger partial charge in [-0.3, -0.25) is 0 Å². The maximum absolute atomic E-state index is 13.6. The molecule has 20 heavy (non-hydrogen) atoms. The number of halogens is 1. The summed E-state index contributed by atoms with van der Waals surface area (Å²) >= 11 is 0. The zero-order valence-electron chi connectivity index (χ0n) is 12.9. The van der Waals surface area contributed by atoms with Crippen LogP contribution in [0.25, 0.3) is 0 Å². The van der Waals surface area contributed by atoms with E-state index in [9.17, 15) is 4.39 Å². The highest BCUT2D eigenvalue weighted by molar-refractivity contribution is 5.41. The molecule has 0 fully saturated rings. The second-order valence-corrected chi connectivity index (χ2v) is 4.85. The first-order valence-corrected chi connectivity index (χ1v) is 7.29. The van der Waals surface area contributed by atoms with Crippen LogP contribution in [0.5, 0.6) is 0 Å². The van der Waals surface area contributed by atoms with Gasteiger partial charge in [0, 0.05) is 13.1 Å².